The second-order valence-corrected chi connectivity index (χ2v) is 7.93. The number of rotatable bonds is 3. The van der Waals surface area contributed by atoms with Crippen LogP contribution < -0.4 is 4.90 Å². The summed E-state index contributed by atoms with van der Waals surface area (Å²) in [7, 11) is -3.49. The third-order valence-corrected chi connectivity index (χ3v) is 6.09. The van der Waals surface area contributed by atoms with Crippen LogP contribution in [0.15, 0.2) is 47.4 Å². The van der Waals surface area contributed by atoms with Gasteiger partial charge in [-0.3, -0.25) is 0 Å². The van der Waals surface area contributed by atoms with E-state index in [9.17, 15) is 8.42 Å². The monoisotopic (exact) mass is 371 g/mol. The van der Waals surface area contributed by atoms with Crippen LogP contribution in [-0.2, 0) is 10.0 Å². The van der Waals surface area contributed by atoms with Crippen molar-refractivity contribution in [3.8, 4) is 0 Å². The molecule has 1 saturated heterocycles. The van der Waals surface area contributed by atoms with E-state index in [1.54, 1.807) is 18.2 Å². The minimum atomic E-state index is -3.49. The van der Waals surface area contributed by atoms with Crippen LogP contribution in [0.2, 0.25) is 10.2 Å². The Balaban J connectivity index is 1.72. The highest BCUT2D eigenvalue weighted by atomic mass is 35.5. The Hall–Kier alpha value is -1.34. The van der Waals surface area contributed by atoms with Crippen LogP contribution in [0.1, 0.15) is 0 Å². The van der Waals surface area contributed by atoms with Gasteiger partial charge in [0.2, 0.25) is 10.0 Å². The molecule has 1 aromatic heterocycles. The van der Waals surface area contributed by atoms with Crippen LogP contribution in [0.3, 0.4) is 0 Å². The molecule has 0 unspecified atom stereocenters. The van der Waals surface area contributed by atoms with Crippen LogP contribution in [0.25, 0.3) is 0 Å². The second kappa shape index (κ2) is 6.65. The van der Waals surface area contributed by atoms with Crippen molar-refractivity contribution in [2.24, 2.45) is 0 Å². The van der Waals surface area contributed by atoms with E-state index in [4.69, 9.17) is 23.2 Å². The summed E-state index contributed by atoms with van der Waals surface area (Å²) in [6.45, 7) is 1.94. The van der Waals surface area contributed by atoms with E-state index in [1.807, 2.05) is 17.0 Å². The Bertz CT molecular complexity index is 789. The van der Waals surface area contributed by atoms with Crippen molar-refractivity contribution in [1.29, 1.82) is 0 Å². The number of nitrogens with zero attached hydrogens (tertiary/aromatic N) is 3. The molecule has 0 bridgehead atoms. The Morgan fingerprint density at radius 3 is 2.17 bits per heavy atom. The number of hydrogen-bond donors (Lipinski definition) is 0. The molecule has 23 heavy (non-hydrogen) atoms. The number of pyridine rings is 1. The highest BCUT2D eigenvalue weighted by Gasteiger charge is 2.28. The summed E-state index contributed by atoms with van der Waals surface area (Å²) < 4.78 is 26.7. The van der Waals surface area contributed by atoms with Crippen LogP contribution in [0, 0.1) is 0 Å². The van der Waals surface area contributed by atoms with E-state index >= 15 is 0 Å². The standard InChI is InChI=1S/C15H15Cl2N3O2S/c16-12-4-6-13(7-5-12)23(21,22)20-10-8-19(9-11-20)15-3-1-2-14(17)18-15/h1-7H,8-11H2. The molecule has 2 aromatic rings. The average molecular weight is 372 g/mol. The van der Waals surface area contributed by atoms with E-state index in [1.165, 1.54) is 16.4 Å². The van der Waals surface area contributed by atoms with Gasteiger partial charge in [0.25, 0.3) is 0 Å². The Morgan fingerprint density at radius 2 is 1.57 bits per heavy atom. The number of sulfonamides is 1. The van der Waals surface area contributed by atoms with Gasteiger partial charge in [0, 0.05) is 31.2 Å². The first-order chi connectivity index (χ1) is 11.0. The Morgan fingerprint density at radius 1 is 0.913 bits per heavy atom. The normalized spacial score (nSPS) is 16.5. The van der Waals surface area contributed by atoms with Gasteiger partial charge in [-0.15, -0.1) is 0 Å². The van der Waals surface area contributed by atoms with Crippen molar-refractivity contribution in [2.45, 2.75) is 4.90 Å². The third kappa shape index (κ3) is 3.61. The molecular formula is C15H15Cl2N3O2S. The third-order valence-electron chi connectivity index (χ3n) is 3.71. The predicted octanol–water partition coefficient (Wildman–Crippen LogP) is 2.90. The van der Waals surface area contributed by atoms with Crippen molar-refractivity contribution in [3.05, 3.63) is 52.6 Å². The molecule has 0 atom stereocenters. The van der Waals surface area contributed by atoms with Crippen LogP contribution >= 0.6 is 23.2 Å². The Labute approximate surface area is 145 Å². The first-order valence-corrected chi connectivity index (χ1v) is 9.30. The lowest BCUT2D eigenvalue weighted by Crippen LogP contribution is -2.48. The van der Waals surface area contributed by atoms with Gasteiger partial charge in [-0.1, -0.05) is 29.3 Å². The number of hydrogen-bond acceptors (Lipinski definition) is 4. The fourth-order valence-electron chi connectivity index (χ4n) is 2.49. The highest BCUT2D eigenvalue weighted by molar-refractivity contribution is 7.89. The smallest absolute Gasteiger partial charge is 0.243 e. The summed E-state index contributed by atoms with van der Waals surface area (Å²) in [4.78, 5) is 6.55. The van der Waals surface area contributed by atoms with E-state index in [0.29, 0.717) is 36.4 Å². The summed E-state index contributed by atoms with van der Waals surface area (Å²) in [5.41, 5.74) is 0. The molecule has 0 spiro atoms. The van der Waals surface area contributed by atoms with Crippen LogP contribution in [0.5, 0.6) is 0 Å². The van der Waals surface area contributed by atoms with Crippen molar-refractivity contribution in [2.75, 3.05) is 31.1 Å². The zero-order valence-electron chi connectivity index (χ0n) is 12.2. The lowest BCUT2D eigenvalue weighted by Gasteiger charge is -2.34. The summed E-state index contributed by atoms with van der Waals surface area (Å²) in [5.74, 6) is 0.765. The number of anilines is 1. The van der Waals surface area contributed by atoms with Gasteiger partial charge in [-0.2, -0.15) is 4.31 Å². The van der Waals surface area contributed by atoms with E-state index < -0.39 is 10.0 Å². The first kappa shape index (κ1) is 16.5. The SMILES string of the molecule is O=S(=O)(c1ccc(Cl)cc1)N1CCN(c2cccc(Cl)n2)CC1. The molecule has 1 aliphatic heterocycles. The molecule has 0 saturated carbocycles. The maximum atomic E-state index is 12.6. The largest absolute Gasteiger partial charge is 0.354 e. The molecule has 2 heterocycles. The molecule has 122 valence electrons. The quantitative estimate of drug-likeness (QED) is 0.778. The van der Waals surface area contributed by atoms with Crippen molar-refractivity contribution >= 4 is 39.0 Å². The van der Waals surface area contributed by atoms with Crippen LogP contribution in [0.4, 0.5) is 5.82 Å². The van der Waals surface area contributed by atoms with Crippen LogP contribution in [-0.4, -0.2) is 43.9 Å². The number of aromatic nitrogens is 1. The predicted molar refractivity (Wildman–Crippen MR) is 91.7 cm³/mol. The number of halogens is 2. The van der Waals surface area contributed by atoms with Gasteiger partial charge in [-0.25, -0.2) is 13.4 Å². The summed E-state index contributed by atoms with van der Waals surface area (Å²) in [5, 5.41) is 0.944. The van der Waals surface area contributed by atoms with Crippen molar-refractivity contribution in [1.82, 2.24) is 9.29 Å². The molecule has 0 aliphatic carbocycles. The van der Waals surface area contributed by atoms with Crippen molar-refractivity contribution in [3.63, 3.8) is 0 Å². The molecule has 8 heteroatoms. The molecule has 0 amide bonds. The highest BCUT2D eigenvalue weighted by Crippen LogP contribution is 2.22. The fraction of sp³-hybridized carbons (Fsp3) is 0.267. The minimum Gasteiger partial charge on any atom is -0.354 e. The zero-order valence-corrected chi connectivity index (χ0v) is 14.5. The first-order valence-electron chi connectivity index (χ1n) is 7.10. The van der Waals surface area contributed by atoms with Gasteiger partial charge in [-0.05, 0) is 36.4 Å². The molecule has 0 radical (unpaired) electrons. The molecule has 1 aliphatic rings. The van der Waals surface area contributed by atoms with Gasteiger partial charge < -0.3 is 4.90 Å². The van der Waals surface area contributed by atoms with Gasteiger partial charge >= 0.3 is 0 Å². The molecule has 5 nitrogen and oxygen atoms in total. The molecule has 0 N–H and O–H groups in total. The Kier molecular flexibility index (Phi) is 4.77. The zero-order chi connectivity index (χ0) is 16.4. The second-order valence-electron chi connectivity index (χ2n) is 5.16. The molecular weight excluding hydrogens is 357 g/mol. The summed E-state index contributed by atoms with van der Waals surface area (Å²) >= 11 is 11.7. The number of benzene rings is 1. The molecule has 1 fully saturated rings. The summed E-state index contributed by atoms with van der Waals surface area (Å²) in [6.07, 6.45) is 0. The topological polar surface area (TPSA) is 53.5 Å². The van der Waals surface area contributed by atoms with Gasteiger partial charge in [0.05, 0.1) is 4.90 Å². The lowest BCUT2D eigenvalue weighted by molar-refractivity contribution is 0.384. The fourth-order valence-corrected chi connectivity index (χ4v) is 4.19. The maximum Gasteiger partial charge on any atom is 0.243 e. The maximum absolute atomic E-state index is 12.6. The van der Waals surface area contributed by atoms with E-state index in [-0.39, 0.29) is 4.90 Å². The van der Waals surface area contributed by atoms with Crippen molar-refractivity contribution < 1.29 is 8.42 Å². The average Bonchev–Trinajstić information content (AvgIpc) is 2.55. The van der Waals surface area contributed by atoms with E-state index in [2.05, 4.69) is 4.98 Å². The summed E-state index contributed by atoms with van der Waals surface area (Å²) in [6, 6.07) is 11.6. The minimum absolute atomic E-state index is 0.260. The van der Waals surface area contributed by atoms with Gasteiger partial charge in [0.1, 0.15) is 11.0 Å². The lowest BCUT2D eigenvalue weighted by atomic mass is 10.3. The number of piperazine rings is 1. The molecule has 3 rings (SSSR count). The van der Waals surface area contributed by atoms with E-state index in [0.717, 1.165) is 5.82 Å². The van der Waals surface area contributed by atoms with Gasteiger partial charge in [0.15, 0.2) is 0 Å². The molecule has 1 aromatic carbocycles.